The van der Waals surface area contributed by atoms with Crippen LogP contribution in [0.1, 0.15) is 33.3 Å². The summed E-state index contributed by atoms with van der Waals surface area (Å²) in [6.45, 7) is 8.00. The van der Waals surface area contributed by atoms with Gasteiger partial charge in [-0.05, 0) is 22.8 Å². The number of carboxylic acid groups (broad SMARTS) is 1. The summed E-state index contributed by atoms with van der Waals surface area (Å²) in [4.78, 5) is 10.7. The molecule has 110 valence electrons. The van der Waals surface area contributed by atoms with E-state index in [0.29, 0.717) is 6.42 Å². The Hall–Kier alpha value is -1.87. The smallest absolute Gasteiger partial charge is 0.320 e. The zero-order valence-corrected chi connectivity index (χ0v) is 12.8. The number of nitrogens with two attached hydrogens (primary N) is 1. The van der Waals surface area contributed by atoms with Crippen molar-refractivity contribution in [3.05, 3.63) is 48.0 Å². The summed E-state index contributed by atoms with van der Waals surface area (Å²) in [5, 5.41) is 11.0. The van der Waals surface area contributed by atoms with Crippen LogP contribution in [0.3, 0.4) is 0 Å². The van der Waals surface area contributed by atoms with Gasteiger partial charge in [0.2, 0.25) is 0 Å². The molecule has 0 saturated heterocycles. The zero-order valence-electron chi connectivity index (χ0n) is 12.8. The van der Waals surface area contributed by atoms with Crippen molar-refractivity contribution in [2.24, 2.45) is 5.73 Å². The van der Waals surface area contributed by atoms with Crippen molar-refractivity contribution in [2.45, 2.75) is 40.2 Å². The largest absolute Gasteiger partial charge is 0.480 e. The first-order valence-corrected chi connectivity index (χ1v) is 7.13. The maximum Gasteiger partial charge on any atom is 0.320 e. The van der Waals surface area contributed by atoms with Gasteiger partial charge in [0.25, 0.3) is 0 Å². The summed E-state index contributed by atoms with van der Waals surface area (Å²) in [6.07, 6.45) is 0.358. The molecule has 0 radical (unpaired) electrons. The van der Waals surface area contributed by atoms with Crippen LogP contribution in [0.4, 0.5) is 0 Å². The average molecular weight is 275 g/mol. The maximum atomic E-state index is 10.7. The predicted octanol–water partition coefficient (Wildman–Crippen LogP) is 3.85. The molecule has 3 nitrogen and oxygen atoms in total. The lowest BCUT2D eigenvalue weighted by atomic mass is 9.99. The molecule has 0 bridgehead atoms. The number of hydrogen-bond donors (Lipinski definition) is 2. The lowest BCUT2D eigenvalue weighted by Gasteiger charge is -2.09. The number of rotatable bonds is 3. The Labute approximate surface area is 121 Å². The molecule has 2 aromatic rings. The monoisotopic (exact) mass is 275 g/mol. The van der Waals surface area contributed by atoms with Crippen molar-refractivity contribution >= 4 is 16.7 Å². The van der Waals surface area contributed by atoms with Crippen molar-refractivity contribution in [2.75, 3.05) is 0 Å². The molecule has 0 fully saturated rings. The van der Waals surface area contributed by atoms with Gasteiger partial charge in [0.15, 0.2) is 0 Å². The van der Waals surface area contributed by atoms with E-state index in [2.05, 4.69) is 0 Å². The first-order chi connectivity index (χ1) is 9.68. The highest BCUT2D eigenvalue weighted by molar-refractivity contribution is 5.86. The number of benzene rings is 2. The zero-order chi connectivity index (χ0) is 15.5. The third kappa shape index (κ3) is 5.02. The summed E-state index contributed by atoms with van der Waals surface area (Å²) < 4.78 is 0. The number of carboxylic acids is 1. The summed E-state index contributed by atoms with van der Waals surface area (Å²) in [5.74, 6) is -0.965. The molecule has 2 aromatic carbocycles. The highest BCUT2D eigenvalue weighted by Gasteiger charge is 2.13. The molecule has 0 saturated carbocycles. The number of fused-ring (bicyclic) bond motifs is 1. The van der Waals surface area contributed by atoms with E-state index in [0.717, 1.165) is 16.3 Å². The van der Waals surface area contributed by atoms with E-state index in [-0.39, 0.29) is 0 Å². The Bertz CT molecular complexity index is 518. The van der Waals surface area contributed by atoms with E-state index in [9.17, 15) is 4.79 Å². The minimum absolute atomic E-state index is 0.358. The minimum Gasteiger partial charge on any atom is -0.480 e. The molecule has 0 aliphatic rings. The molecule has 0 aliphatic heterocycles. The van der Waals surface area contributed by atoms with Crippen LogP contribution in [0.2, 0.25) is 0 Å². The Balaban J connectivity index is 0.000000829. The Kier molecular flexibility index (Phi) is 9.05. The van der Waals surface area contributed by atoms with Crippen molar-refractivity contribution in [3.8, 4) is 0 Å². The van der Waals surface area contributed by atoms with Crippen molar-refractivity contribution in [1.29, 1.82) is 0 Å². The molecule has 0 heterocycles. The van der Waals surface area contributed by atoms with E-state index in [1.807, 2.05) is 70.2 Å². The van der Waals surface area contributed by atoms with Crippen LogP contribution in [0, 0.1) is 0 Å². The Morgan fingerprint density at radius 2 is 1.60 bits per heavy atom. The van der Waals surface area contributed by atoms with Gasteiger partial charge in [-0.25, -0.2) is 0 Å². The SMILES string of the molecule is CC.CC.N[C@H](Cc1cccc2ccccc12)C(=O)O. The summed E-state index contributed by atoms with van der Waals surface area (Å²) in [7, 11) is 0. The molecular formula is C17H25NO2. The van der Waals surface area contributed by atoms with Gasteiger partial charge in [-0.1, -0.05) is 70.2 Å². The predicted molar refractivity (Wildman–Crippen MR) is 86.0 cm³/mol. The van der Waals surface area contributed by atoms with Crippen molar-refractivity contribution in [3.63, 3.8) is 0 Å². The van der Waals surface area contributed by atoms with Crippen LogP contribution in [0.15, 0.2) is 42.5 Å². The summed E-state index contributed by atoms with van der Waals surface area (Å²) in [5.41, 5.74) is 6.52. The topological polar surface area (TPSA) is 63.3 Å². The van der Waals surface area contributed by atoms with Crippen LogP contribution in [0.5, 0.6) is 0 Å². The molecule has 20 heavy (non-hydrogen) atoms. The van der Waals surface area contributed by atoms with E-state index in [1.165, 1.54) is 0 Å². The van der Waals surface area contributed by atoms with Gasteiger partial charge in [0.1, 0.15) is 6.04 Å². The molecule has 3 heteroatoms. The van der Waals surface area contributed by atoms with E-state index in [1.54, 1.807) is 0 Å². The van der Waals surface area contributed by atoms with Crippen LogP contribution in [-0.2, 0) is 11.2 Å². The fraction of sp³-hybridized carbons (Fsp3) is 0.353. The van der Waals surface area contributed by atoms with Crippen LogP contribution in [-0.4, -0.2) is 17.1 Å². The Morgan fingerprint density at radius 1 is 1.05 bits per heavy atom. The normalized spacial score (nSPS) is 10.7. The van der Waals surface area contributed by atoms with Gasteiger partial charge in [0.05, 0.1) is 0 Å². The molecule has 0 aromatic heterocycles. The fourth-order valence-corrected chi connectivity index (χ4v) is 1.79. The van der Waals surface area contributed by atoms with Crippen molar-refractivity contribution < 1.29 is 9.90 Å². The van der Waals surface area contributed by atoms with Crippen LogP contribution in [0.25, 0.3) is 10.8 Å². The van der Waals surface area contributed by atoms with Gasteiger partial charge < -0.3 is 10.8 Å². The summed E-state index contributed by atoms with van der Waals surface area (Å²) >= 11 is 0. The first kappa shape index (κ1) is 18.1. The first-order valence-electron chi connectivity index (χ1n) is 7.13. The number of aliphatic carboxylic acids is 1. The van der Waals surface area contributed by atoms with Crippen LogP contribution < -0.4 is 5.73 Å². The minimum atomic E-state index is -0.965. The van der Waals surface area contributed by atoms with Gasteiger partial charge in [0, 0.05) is 0 Å². The lowest BCUT2D eigenvalue weighted by Crippen LogP contribution is -2.32. The highest BCUT2D eigenvalue weighted by atomic mass is 16.4. The number of carbonyl (C=O) groups is 1. The van der Waals surface area contributed by atoms with E-state index in [4.69, 9.17) is 10.8 Å². The molecule has 0 spiro atoms. The standard InChI is InChI=1S/C13H13NO2.2C2H6/c14-12(13(15)16)8-10-6-3-5-9-4-1-2-7-11(9)10;2*1-2/h1-7,12H,8,14H2,(H,15,16);2*1-2H3/t12-;;/m1../s1. The molecule has 0 amide bonds. The molecule has 0 unspecified atom stereocenters. The van der Waals surface area contributed by atoms with Crippen molar-refractivity contribution in [1.82, 2.24) is 0 Å². The van der Waals surface area contributed by atoms with E-state index < -0.39 is 12.0 Å². The quantitative estimate of drug-likeness (QED) is 0.894. The van der Waals surface area contributed by atoms with E-state index >= 15 is 0 Å². The highest BCUT2D eigenvalue weighted by Crippen LogP contribution is 2.19. The van der Waals surface area contributed by atoms with Gasteiger partial charge >= 0.3 is 5.97 Å². The molecular weight excluding hydrogens is 250 g/mol. The van der Waals surface area contributed by atoms with Gasteiger partial charge in [-0.3, -0.25) is 4.79 Å². The third-order valence-electron chi connectivity index (χ3n) is 2.64. The molecule has 2 rings (SSSR count). The summed E-state index contributed by atoms with van der Waals surface area (Å²) in [6, 6.07) is 12.9. The average Bonchev–Trinajstić information content (AvgIpc) is 2.51. The fourth-order valence-electron chi connectivity index (χ4n) is 1.79. The second-order valence-electron chi connectivity index (χ2n) is 3.79. The third-order valence-corrected chi connectivity index (χ3v) is 2.64. The second kappa shape index (κ2) is 9.98. The molecule has 3 N–H and O–H groups in total. The van der Waals surface area contributed by atoms with Crippen LogP contribution >= 0.6 is 0 Å². The molecule has 0 aliphatic carbocycles. The Morgan fingerprint density at radius 3 is 2.20 bits per heavy atom. The van der Waals surface area contributed by atoms with Gasteiger partial charge in [-0.15, -0.1) is 0 Å². The molecule has 1 atom stereocenters. The van der Waals surface area contributed by atoms with Gasteiger partial charge in [-0.2, -0.15) is 0 Å². The second-order valence-corrected chi connectivity index (χ2v) is 3.79. The lowest BCUT2D eigenvalue weighted by molar-refractivity contribution is -0.138. The maximum absolute atomic E-state index is 10.7. The number of hydrogen-bond acceptors (Lipinski definition) is 2.